The molecule has 0 spiro atoms. The predicted octanol–water partition coefficient (Wildman–Crippen LogP) is 2.19. The molecule has 2 heterocycles. The van der Waals surface area contributed by atoms with E-state index in [1.165, 1.54) is 17.8 Å². The second kappa shape index (κ2) is 6.14. The molecule has 1 unspecified atom stereocenters. The van der Waals surface area contributed by atoms with E-state index in [4.69, 9.17) is 11.0 Å². The van der Waals surface area contributed by atoms with E-state index >= 15 is 0 Å². The van der Waals surface area contributed by atoms with Crippen LogP contribution in [0.4, 0.5) is 10.7 Å². The highest BCUT2D eigenvalue weighted by Gasteiger charge is 2.26. The molecule has 20 heavy (non-hydrogen) atoms. The lowest BCUT2D eigenvalue weighted by atomic mass is 10.0. The van der Waals surface area contributed by atoms with E-state index < -0.39 is 0 Å². The Balaban J connectivity index is 2.39. The van der Waals surface area contributed by atoms with Crippen molar-refractivity contribution in [2.24, 2.45) is 5.92 Å². The van der Waals surface area contributed by atoms with Crippen LogP contribution in [-0.4, -0.2) is 26.0 Å². The smallest absolute Gasteiger partial charge is 0.256 e. The van der Waals surface area contributed by atoms with Crippen LogP contribution in [0.5, 0.6) is 0 Å². The van der Waals surface area contributed by atoms with Gasteiger partial charge in [-0.25, -0.2) is 0 Å². The highest BCUT2D eigenvalue weighted by atomic mass is 32.1. The van der Waals surface area contributed by atoms with Crippen molar-refractivity contribution in [1.29, 1.82) is 5.26 Å². The van der Waals surface area contributed by atoms with Crippen LogP contribution in [0.25, 0.3) is 0 Å². The van der Waals surface area contributed by atoms with Gasteiger partial charge in [0.25, 0.3) is 5.91 Å². The zero-order chi connectivity index (χ0) is 14.7. The van der Waals surface area contributed by atoms with E-state index in [2.05, 4.69) is 23.2 Å². The minimum absolute atomic E-state index is 0.215. The minimum atomic E-state index is -0.215. The molecule has 0 saturated carbocycles. The molecule has 1 aliphatic heterocycles. The number of nitrogens with two attached hydrogens (primary N) is 1. The molecule has 0 aromatic carbocycles. The van der Waals surface area contributed by atoms with Gasteiger partial charge in [-0.2, -0.15) is 5.26 Å². The fourth-order valence-electron chi connectivity index (χ4n) is 2.55. The van der Waals surface area contributed by atoms with Gasteiger partial charge >= 0.3 is 0 Å². The molecule has 3 N–H and O–H groups in total. The Morgan fingerprint density at radius 1 is 1.50 bits per heavy atom. The molecule has 0 bridgehead atoms. The second-order valence-electron chi connectivity index (χ2n) is 5.24. The van der Waals surface area contributed by atoms with Crippen LogP contribution in [0.15, 0.2) is 0 Å². The summed E-state index contributed by atoms with van der Waals surface area (Å²) < 4.78 is 0. The molecule has 1 fully saturated rings. The van der Waals surface area contributed by atoms with Gasteiger partial charge in [0, 0.05) is 20.1 Å². The Hall–Kier alpha value is -1.74. The Morgan fingerprint density at radius 3 is 2.90 bits per heavy atom. The fraction of sp³-hybridized carbons (Fsp3) is 0.571. The molecule has 1 aromatic heterocycles. The summed E-state index contributed by atoms with van der Waals surface area (Å²) in [7, 11) is 1.58. The summed E-state index contributed by atoms with van der Waals surface area (Å²) in [6.07, 6.45) is 3.42. The molecule has 1 aliphatic rings. The lowest BCUT2D eigenvalue weighted by molar-refractivity contribution is 0.0965. The number of carbonyl (C=O) groups is 1. The second-order valence-corrected chi connectivity index (χ2v) is 6.24. The number of nitrogens with zero attached hydrogens (tertiary/aromatic N) is 2. The maximum atomic E-state index is 12.1. The molecule has 1 aromatic rings. The Labute approximate surface area is 123 Å². The SMILES string of the molecule is CNC(=O)c1c(N2CCCC(C)CC2)sc(C#N)c1N. The molecule has 0 radical (unpaired) electrons. The summed E-state index contributed by atoms with van der Waals surface area (Å²) in [6, 6.07) is 2.09. The molecule has 2 rings (SSSR count). The van der Waals surface area contributed by atoms with E-state index in [1.54, 1.807) is 7.05 Å². The third kappa shape index (κ3) is 2.73. The minimum Gasteiger partial charge on any atom is -0.396 e. The third-order valence-electron chi connectivity index (χ3n) is 3.79. The van der Waals surface area contributed by atoms with Gasteiger partial charge < -0.3 is 16.0 Å². The monoisotopic (exact) mass is 292 g/mol. The molecule has 1 saturated heterocycles. The van der Waals surface area contributed by atoms with Crippen LogP contribution in [-0.2, 0) is 0 Å². The first-order valence-corrected chi connectivity index (χ1v) is 7.69. The summed E-state index contributed by atoms with van der Waals surface area (Å²) >= 11 is 1.33. The first kappa shape index (κ1) is 14.7. The summed E-state index contributed by atoms with van der Waals surface area (Å²) in [4.78, 5) is 14.7. The van der Waals surface area contributed by atoms with Crippen LogP contribution < -0.4 is 16.0 Å². The lowest BCUT2D eigenvalue weighted by Gasteiger charge is -2.22. The highest BCUT2D eigenvalue weighted by molar-refractivity contribution is 7.17. The van der Waals surface area contributed by atoms with E-state index in [9.17, 15) is 4.79 Å². The number of nitriles is 1. The van der Waals surface area contributed by atoms with Crippen molar-refractivity contribution in [2.45, 2.75) is 26.2 Å². The average molecular weight is 292 g/mol. The number of rotatable bonds is 2. The van der Waals surface area contributed by atoms with Crippen molar-refractivity contribution in [3.8, 4) is 6.07 Å². The predicted molar refractivity (Wildman–Crippen MR) is 82.1 cm³/mol. The number of anilines is 2. The van der Waals surface area contributed by atoms with Crippen molar-refractivity contribution in [1.82, 2.24) is 5.32 Å². The molecule has 5 nitrogen and oxygen atoms in total. The van der Waals surface area contributed by atoms with Crippen molar-refractivity contribution < 1.29 is 4.79 Å². The number of hydrogen-bond donors (Lipinski definition) is 2. The van der Waals surface area contributed by atoms with Crippen molar-refractivity contribution in [2.75, 3.05) is 30.8 Å². The Morgan fingerprint density at radius 2 is 2.25 bits per heavy atom. The van der Waals surface area contributed by atoms with Gasteiger partial charge in [0.15, 0.2) is 0 Å². The van der Waals surface area contributed by atoms with E-state index in [0.717, 1.165) is 30.9 Å². The van der Waals surface area contributed by atoms with Gasteiger partial charge in [-0.3, -0.25) is 4.79 Å². The molecule has 0 aliphatic carbocycles. The summed E-state index contributed by atoms with van der Waals surface area (Å²) in [5.41, 5.74) is 6.74. The number of thiophene rings is 1. The third-order valence-corrected chi connectivity index (χ3v) is 4.96. The molecular formula is C14H20N4OS. The zero-order valence-electron chi connectivity index (χ0n) is 11.9. The number of amides is 1. The number of nitrogens with one attached hydrogen (secondary N) is 1. The van der Waals surface area contributed by atoms with Gasteiger partial charge in [-0.05, 0) is 25.2 Å². The van der Waals surface area contributed by atoms with Crippen LogP contribution in [0.2, 0.25) is 0 Å². The van der Waals surface area contributed by atoms with Gasteiger partial charge in [0.05, 0.1) is 11.3 Å². The molecule has 1 atom stereocenters. The van der Waals surface area contributed by atoms with Crippen molar-refractivity contribution >= 4 is 27.9 Å². The van der Waals surface area contributed by atoms with E-state index in [0.29, 0.717) is 22.0 Å². The number of hydrogen-bond acceptors (Lipinski definition) is 5. The normalized spacial score (nSPS) is 19.2. The van der Waals surface area contributed by atoms with Crippen LogP contribution in [0.1, 0.15) is 41.4 Å². The topological polar surface area (TPSA) is 82.2 Å². The Kier molecular flexibility index (Phi) is 4.50. The van der Waals surface area contributed by atoms with Crippen LogP contribution in [0.3, 0.4) is 0 Å². The largest absolute Gasteiger partial charge is 0.396 e. The van der Waals surface area contributed by atoms with Crippen LogP contribution >= 0.6 is 11.3 Å². The van der Waals surface area contributed by atoms with Gasteiger partial charge in [0.1, 0.15) is 15.9 Å². The maximum absolute atomic E-state index is 12.1. The van der Waals surface area contributed by atoms with Gasteiger partial charge in [-0.15, -0.1) is 11.3 Å². The number of nitrogen functional groups attached to an aromatic ring is 1. The van der Waals surface area contributed by atoms with Crippen molar-refractivity contribution in [3.63, 3.8) is 0 Å². The van der Waals surface area contributed by atoms with E-state index in [-0.39, 0.29) is 5.91 Å². The number of carbonyl (C=O) groups excluding carboxylic acids is 1. The first-order valence-electron chi connectivity index (χ1n) is 6.87. The standard InChI is InChI=1S/C14H20N4OS/c1-9-4-3-6-18(7-5-9)14-11(13(19)17-2)12(16)10(8-15)20-14/h9H,3-7,16H2,1-2H3,(H,17,19). The quantitative estimate of drug-likeness (QED) is 0.875. The Bertz CT molecular complexity index is 546. The maximum Gasteiger partial charge on any atom is 0.256 e. The first-order chi connectivity index (χ1) is 9.58. The summed E-state index contributed by atoms with van der Waals surface area (Å²) in [6.45, 7) is 4.09. The molecule has 1 amide bonds. The zero-order valence-corrected chi connectivity index (χ0v) is 12.7. The molecule has 108 valence electrons. The van der Waals surface area contributed by atoms with Crippen LogP contribution in [0, 0.1) is 17.2 Å². The summed E-state index contributed by atoms with van der Waals surface area (Å²) in [5.74, 6) is 0.490. The molecular weight excluding hydrogens is 272 g/mol. The van der Waals surface area contributed by atoms with E-state index in [1.807, 2.05) is 0 Å². The van der Waals surface area contributed by atoms with Gasteiger partial charge in [-0.1, -0.05) is 6.92 Å². The summed E-state index contributed by atoms with van der Waals surface area (Å²) in [5, 5.41) is 12.6. The highest BCUT2D eigenvalue weighted by Crippen LogP contribution is 2.39. The lowest BCUT2D eigenvalue weighted by Crippen LogP contribution is -2.27. The average Bonchev–Trinajstić information content (AvgIpc) is 2.62. The van der Waals surface area contributed by atoms with Crippen molar-refractivity contribution in [3.05, 3.63) is 10.4 Å². The molecule has 6 heteroatoms. The fourth-order valence-corrected chi connectivity index (χ4v) is 3.62. The van der Waals surface area contributed by atoms with Gasteiger partial charge in [0.2, 0.25) is 0 Å².